The molecule has 4 fully saturated rings. The van der Waals surface area contributed by atoms with Gasteiger partial charge in [-0.3, -0.25) is 9.59 Å². The molecular weight excluding hydrogens is 384 g/mol. The molecule has 0 aliphatic heterocycles. The van der Waals surface area contributed by atoms with Crippen LogP contribution in [-0.4, -0.2) is 16.9 Å². The number of carboxylic acids is 1. The molecule has 31 heavy (non-hydrogen) atoms. The van der Waals surface area contributed by atoms with E-state index >= 15 is 0 Å². The van der Waals surface area contributed by atoms with Crippen LogP contribution in [0.1, 0.15) is 98.8 Å². The van der Waals surface area contributed by atoms with Gasteiger partial charge in [0.2, 0.25) is 0 Å². The maximum absolute atomic E-state index is 14.0. The van der Waals surface area contributed by atoms with Crippen molar-refractivity contribution in [2.45, 2.75) is 98.8 Å². The Labute approximate surface area is 188 Å². The maximum Gasteiger partial charge on any atom is 0.306 e. The fourth-order valence-electron chi connectivity index (χ4n) is 10.2. The topological polar surface area (TPSA) is 54.4 Å². The van der Waals surface area contributed by atoms with Crippen LogP contribution >= 0.6 is 0 Å². The van der Waals surface area contributed by atoms with E-state index in [2.05, 4.69) is 40.7 Å². The first-order chi connectivity index (χ1) is 14.5. The van der Waals surface area contributed by atoms with Crippen LogP contribution in [0.5, 0.6) is 0 Å². The summed E-state index contributed by atoms with van der Waals surface area (Å²) < 4.78 is 0. The Morgan fingerprint density at radius 3 is 2.35 bits per heavy atom. The fourth-order valence-corrected chi connectivity index (χ4v) is 10.2. The smallest absolute Gasteiger partial charge is 0.306 e. The second kappa shape index (κ2) is 6.70. The van der Waals surface area contributed by atoms with Crippen molar-refractivity contribution in [2.75, 3.05) is 0 Å². The van der Waals surface area contributed by atoms with E-state index in [4.69, 9.17) is 0 Å². The van der Waals surface area contributed by atoms with Gasteiger partial charge in [0.15, 0.2) is 5.78 Å². The van der Waals surface area contributed by atoms with Gasteiger partial charge in [0.05, 0.1) is 5.92 Å². The molecule has 1 N–H and O–H groups in total. The van der Waals surface area contributed by atoms with E-state index in [-0.39, 0.29) is 34.0 Å². The first kappa shape index (κ1) is 21.7. The fraction of sp³-hybridized carbons (Fsp3) is 0.857. The Balaban J connectivity index is 1.62. The van der Waals surface area contributed by atoms with Gasteiger partial charge in [0.25, 0.3) is 0 Å². The molecule has 3 heteroatoms. The van der Waals surface area contributed by atoms with Crippen LogP contribution in [0.25, 0.3) is 0 Å². The van der Waals surface area contributed by atoms with Crippen LogP contribution in [0.3, 0.4) is 0 Å². The summed E-state index contributed by atoms with van der Waals surface area (Å²) in [5, 5.41) is 9.93. The van der Waals surface area contributed by atoms with E-state index < -0.39 is 5.97 Å². The van der Waals surface area contributed by atoms with Gasteiger partial charge in [-0.05, 0) is 96.9 Å². The van der Waals surface area contributed by atoms with E-state index in [1.54, 1.807) is 0 Å². The van der Waals surface area contributed by atoms with Crippen molar-refractivity contribution < 1.29 is 14.7 Å². The SMILES string of the molecule is C[C@H]1CCC[C@]2(C)CCC3C(=CC(=O)C4[C@@]3(C)CCC3C(C(=O)O)CCC[C@@]34C)[C@]12C. The number of allylic oxidation sites excluding steroid dienone is 2. The lowest BCUT2D eigenvalue weighted by molar-refractivity contribution is -0.174. The number of carbonyl (C=O) groups is 2. The van der Waals surface area contributed by atoms with Crippen molar-refractivity contribution in [3.63, 3.8) is 0 Å². The standard InChI is InChI=1S/C28H42O3/c1-17-8-6-12-25(2)14-10-20-21(28(17,25)5)16-22(29)23-26(3)13-7-9-18(24(30)31)19(26)11-15-27(20,23)4/h16-20,23H,6-15H2,1-5H3,(H,30,31)/t17-,18?,19?,20?,23?,25+,26-,27-,28-/m0/s1. The molecule has 9 atom stereocenters. The highest BCUT2D eigenvalue weighted by Gasteiger charge is 2.67. The van der Waals surface area contributed by atoms with Crippen molar-refractivity contribution in [1.29, 1.82) is 0 Å². The molecule has 4 unspecified atom stereocenters. The van der Waals surface area contributed by atoms with Gasteiger partial charge in [0.1, 0.15) is 0 Å². The summed E-state index contributed by atoms with van der Waals surface area (Å²) in [6.45, 7) is 12.1. The zero-order valence-corrected chi connectivity index (χ0v) is 20.3. The molecule has 0 aromatic heterocycles. The Hall–Kier alpha value is -1.12. The molecule has 0 aromatic carbocycles. The molecule has 3 nitrogen and oxygen atoms in total. The summed E-state index contributed by atoms with van der Waals surface area (Å²) in [5.41, 5.74) is 1.70. The van der Waals surface area contributed by atoms with Crippen LogP contribution < -0.4 is 0 Å². The van der Waals surface area contributed by atoms with Crippen molar-refractivity contribution in [1.82, 2.24) is 0 Å². The number of fused-ring (bicyclic) bond motifs is 7. The minimum Gasteiger partial charge on any atom is -0.481 e. The highest BCUT2D eigenvalue weighted by Crippen LogP contribution is 2.72. The third kappa shape index (κ3) is 2.58. The van der Waals surface area contributed by atoms with E-state index in [0.717, 1.165) is 32.1 Å². The summed E-state index contributed by atoms with van der Waals surface area (Å²) in [5.74, 6) is 0.650. The molecule has 0 radical (unpaired) electrons. The summed E-state index contributed by atoms with van der Waals surface area (Å²) in [6, 6.07) is 0. The summed E-state index contributed by atoms with van der Waals surface area (Å²) in [6.07, 6.45) is 13.2. The van der Waals surface area contributed by atoms with Crippen molar-refractivity contribution >= 4 is 11.8 Å². The average Bonchev–Trinajstić information content (AvgIpc) is 2.68. The highest BCUT2D eigenvalue weighted by molar-refractivity contribution is 5.95. The molecule has 0 bridgehead atoms. The summed E-state index contributed by atoms with van der Waals surface area (Å²) in [7, 11) is 0. The maximum atomic E-state index is 14.0. The van der Waals surface area contributed by atoms with Gasteiger partial charge >= 0.3 is 5.97 Å². The van der Waals surface area contributed by atoms with Crippen LogP contribution in [-0.2, 0) is 9.59 Å². The largest absolute Gasteiger partial charge is 0.481 e. The quantitative estimate of drug-likeness (QED) is 0.510. The monoisotopic (exact) mass is 426 g/mol. The lowest BCUT2D eigenvalue weighted by atomic mass is 9.36. The van der Waals surface area contributed by atoms with Crippen molar-refractivity contribution in [2.24, 2.45) is 51.2 Å². The van der Waals surface area contributed by atoms with E-state index in [1.165, 1.54) is 37.7 Å². The third-order valence-corrected chi connectivity index (χ3v) is 12.1. The number of hydrogen-bond donors (Lipinski definition) is 1. The minimum atomic E-state index is -0.643. The number of carbonyl (C=O) groups excluding carboxylic acids is 1. The molecular formula is C28H42O3. The molecule has 0 amide bonds. The number of carboxylic acid groups (broad SMARTS) is 1. The van der Waals surface area contributed by atoms with E-state index in [9.17, 15) is 14.7 Å². The Kier molecular flexibility index (Phi) is 4.69. The molecule has 5 rings (SSSR count). The first-order valence-corrected chi connectivity index (χ1v) is 13.0. The normalized spacial score (nSPS) is 54.0. The summed E-state index contributed by atoms with van der Waals surface area (Å²) >= 11 is 0. The molecule has 5 aliphatic rings. The molecule has 0 spiro atoms. The Morgan fingerprint density at radius 2 is 1.65 bits per heavy atom. The minimum absolute atomic E-state index is 0.0125. The average molecular weight is 427 g/mol. The second-order valence-corrected chi connectivity index (χ2v) is 13.1. The molecule has 5 aliphatic carbocycles. The first-order valence-electron chi connectivity index (χ1n) is 13.0. The predicted molar refractivity (Wildman–Crippen MR) is 122 cm³/mol. The zero-order chi connectivity index (χ0) is 22.4. The Morgan fingerprint density at radius 1 is 0.935 bits per heavy atom. The third-order valence-electron chi connectivity index (χ3n) is 12.1. The van der Waals surface area contributed by atoms with Gasteiger partial charge in [-0.15, -0.1) is 0 Å². The number of hydrogen-bond acceptors (Lipinski definition) is 2. The van der Waals surface area contributed by atoms with Crippen LogP contribution in [0, 0.1) is 51.2 Å². The Bertz CT molecular complexity index is 843. The van der Waals surface area contributed by atoms with Crippen LogP contribution in [0.15, 0.2) is 11.6 Å². The van der Waals surface area contributed by atoms with Gasteiger partial charge in [-0.25, -0.2) is 0 Å². The van der Waals surface area contributed by atoms with Crippen LogP contribution in [0.2, 0.25) is 0 Å². The molecule has 0 aromatic rings. The molecule has 0 heterocycles. The van der Waals surface area contributed by atoms with Crippen molar-refractivity contribution in [3.05, 3.63) is 11.6 Å². The number of ketones is 1. The number of rotatable bonds is 1. The lowest BCUT2D eigenvalue weighted by Crippen LogP contribution is -2.63. The zero-order valence-electron chi connectivity index (χ0n) is 20.3. The van der Waals surface area contributed by atoms with E-state index in [1.807, 2.05) is 0 Å². The second-order valence-electron chi connectivity index (χ2n) is 13.1. The van der Waals surface area contributed by atoms with Crippen LogP contribution in [0.4, 0.5) is 0 Å². The van der Waals surface area contributed by atoms with E-state index in [0.29, 0.717) is 23.0 Å². The molecule has 0 saturated heterocycles. The number of aliphatic carboxylic acids is 1. The van der Waals surface area contributed by atoms with Gasteiger partial charge in [-0.2, -0.15) is 0 Å². The lowest BCUT2D eigenvalue weighted by Gasteiger charge is -2.68. The van der Waals surface area contributed by atoms with Gasteiger partial charge < -0.3 is 5.11 Å². The van der Waals surface area contributed by atoms with Crippen molar-refractivity contribution in [3.8, 4) is 0 Å². The summed E-state index contributed by atoms with van der Waals surface area (Å²) in [4.78, 5) is 26.1. The molecule has 172 valence electrons. The highest BCUT2D eigenvalue weighted by atomic mass is 16.4. The molecule has 4 saturated carbocycles. The van der Waals surface area contributed by atoms with Gasteiger partial charge in [0, 0.05) is 5.92 Å². The predicted octanol–water partition coefficient (Wildman–Crippen LogP) is 6.66. The van der Waals surface area contributed by atoms with Gasteiger partial charge in [-0.1, -0.05) is 53.0 Å².